The first-order chi connectivity index (χ1) is 9.43. The molecule has 0 aliphatic carbocycles. The molecule has 0 spiro atoms. The van der Waals surface area contributed by atoms with Gasteiger partial charge in [0.1, 0.15) is 0 Å². The van der Waals surface area contributed by atoms with Gasteiger partial charge < -0.3 is 5.73 Å². The molecule has 112 valence electrons. The Morgan fingerprint density at radius 2 is 2.00 bits per heavy atom. The topological polar surface area (TPSA) is 29.3 Å². The predicted molar refractivity (Wildman–Crippen MR) is 90.4 cm³/mol. The van der Waals surface area contributed by atoms with E-state index >= 15 is 0 Å². The summed E-state index contributed by atoms with van der Waals surface area (Å²) in [7, 11) is 0. The lowest BCUT2D eigenvalue weighted by Gasteiger charge is -2.30. The first kappa shape index (κ1) is 15.9. The highest BCUT2D eigenvalue weighted by atomic mass is 32.2. The van der Waals surface area contributed by atoms with E-state index in [1.54, 1.807) is 0 Å². The van der Waals surface area contributed by atoms with Gasteiger partial charge in [0.15, 0.2) is 0 Å². The molecule has 0 saturated carbocycles. The largest absolute Gasteiger partial charge is 0.329 e. The number of nitrogens with two attached hydrogens (primary N) is 1. The number of nitrogens with zero attached hydrogens (tertiary/aromatic N) is 1. The minimum atomic E-state index is 0.365. The van der Waals surface area contributed by atoms with Crippen LogP contribution in [0.5, 0.6) is 0 Å². The van der Waals surface area contributed by atoms with E-state index in [1.807, 2.05) is 0 Å². The van der Waals surface area contributed by atoms with Crippen LogP contribution in [0.3, 0.4) is 0 Å². The number of hydrogen-bond donors (Lipinski definition) is 1. The first-order valence-electron chi connectivity index (χ1n) is 7.58. The molecule has 1 heterocycles. The molecule has 1 fully saturated rings. The smallest absolute Gasteiger partial charge is 0.0470 e. The molecule has 1 aromatic rings. The Morgan fingerprint density at radius 3 is 2.65 bits per heavy atom. The zero-order valence-corrected chi connectivity index (χ0v) is 14.1. The predicted octanol–water partition coefficient (Wildman–Crippen LogP) is 3.52. The molecule has 1 aliphatic rings. The van der Waals surface area contributed by atoms with Gasteiger partial charge in [-0.2, -0.15) is 11.8 Å². The molecule has 0 bridgehead atoms. The van der Waals surface area contributed by atoms with E-state index in [0.717, 1.165) is 13.1 Å². The SMILES string of the molecule is Cc1ccc(C(CN)N2CCSC(C)(C)CC2)cc1C. The van der Waals surface area contributed by atoms with Crippen molar-refractivity contribution in [3.63, 3.8) is 0 Å². The Labute approximate surface area is 128 Å². The van der Waals surface area contributed by atoms with Crippen LogP contribution in [0.25, 0.3) is 0 Å². The van der Waals surface area contributed by atoms with Crippen LogP contribution in [0, 0.1) is 13.8 Å². The third-order valence-electron chi connectivity index (χ3n) is 4.45. The van der Waals surface area contributed by atoms with Crippen molar-refractivity contribution in [2.75, 3.05) is 25.4 Å². The van der Waals surface area contributed by atoms with E-state index in [-0.39, 0.29) is 0 Å². The second kappa shape index (κ2) is 6.50. The average molecular weight is 292 g/mol. The third kappa shape index (κ3) is 3.78. The van der Waals surface area contributed by atoms with Gasteiger partial charge in [-0.15, -0.1) is 0 Å². The van der Waals surface area contributed by atoms with Crippen LogP contribution in [0.2, 0.25) is 0 Å². The van der Waals surface area contributed by atoms with Crippen LogP contribution in [-0.2, 0) is 0 Å². The maximum absolute atomic E-state index is 6.09. The van der Waals surface area contributed by atoms with Gasteiger partial charge in [0.05, 0.1) is 0 Å². The molecule has 1 aliphatic heterocycles. The van der Waals surface area contributed by atoms with Crippen LogP contribution in [0.15, 0.2) is 18.2 Å². The van der Waals surface area contributed by atoms with Crippen LogP contribution >= 0.6 is 11.8 Å². The van der Waals surface area contributed by atoms with E-state index in [4.69, 9.17) is 5.73 Å². The summed E-state index contributed by atoms with van der Waals surface area (Å²) in [6.07, 6.45) is 1.24. The molecule has 2 nitrogen and oxygen atoms in total. The zero-order chi connectivity index (χ0) is 14.8. The number of thioether (sulfide) groups is 1. The van der Waals surface area contributed by atoms with Gasteiger partial charge in [0.25, 0.3) is 0 Å². The van der Waals surface area contributed by atoms with Gasteiger partial charge in [-0.05, 0) is 37.0 Å². The summed E-state index contributed by atoms with van der Waals surface area (Å²) >= 11 is 2.09. The summed E-state index contributed by atoms with van der Waals surface area (Å²) in [6.45, 7) is 12.1. The normalized spacial score (nSPS) is 21.4. The van der Waals surface area contributed by atoms with Crippen LogP contribution < -0.4 is 5.73 Å². The van der Waals surface area contributed by atoms with E-state index in [0.29, 0.717) is 17.3 Å². The van der Waals surface area contributed by atoms with E-state index < -0.39 is 0 Å². The molecule has 2 N–H and O–H groups in total. The summed E-state index contributed by atoms with van der Waals surface area (Å²) in [6, 6.07) is 7.16. The molecule has 1 atom stereocenters. The van der Waals surface area contributed by atoms with Gasteiger partial charge in [-0.3, -0.25) is 4.90 Å². The first-order valence-corrected chi connectivity index (χ1v) is 8.57. The van der Waals surface area contributed by atoms with Crippen molar-refractivity contribution in [2.45, 2.75) is 44.9 Å². The standard InChI is InChI=1S/C17H28N2S/c1-13-5-6-15(11-14(13)2)16(12-18)19-8-7-17(3,4)20-10-9-19/h5-6,11,16H,7-10,12,18H2,1-4H3. The molecule has 1 aromatic carbocycles. The molecule has 3 heteroatoms. The summed E-state index contributed by atoms with van der Waals surface area (Å²) in [4.78, 5) is 2.58. The van der Waals surface area contributed by atoms with E-state index in [9.17, 15) is 0 Å². The summed E-state index contributed by atoms with van der Waals surface area (Å²) in [5.74, 6) is 1.20. The molecule has 0 radical (unpaired) electrons. The lowest BCUT2D eigenvalue weighted by Crippen LogP contribution is -2.36. The number of aryl methyl sites for hydroxylation is 2. The maximum atomic E-state index is 6.09. The van der Waals surface area contributed by atoms with Crippen molar-refractivity contribution < 1.29 is 0 Å². The fraction of sp³-hybridized carbons (Fsp3) is 0.647. The molecule has 1 unspecified atom stereocenters. The highest BCUT2D eigenvalue weighted by molar-refractivity contribution is 8.00. The summed E-state index contributed by atoms with van der Waals surface area (Å²) in [5, 5.41) is 0. The average Bonchev–Trinajstić information content (AvgIpc) is 2.56. The quantitative estimate of drug-likeness (QED) is 0.924. The van der Waals surface area contributed by atoms with Crippen molar-refractivity contribution in [2.24, 2.45) is 5.73 Å². The van der Waals surface area contributed by atoms with E-state index in [2.05, 4.69) is 62.6 Å². The number of hydrogen-bond acceptors (Lipinski definition) is 3. The maximum Gasteiger partial charge on any atom is 0.0470 e. The molecule has 2 rings (SSSR count). The number of rotatable bonds is 3. The Hall–Kier alpha value is -0.510. The Morgan fingerprint density at radius 1 is 1.25 bits per heavy atom. The fourth-order valence-corrected chi connectivity index (χ4v) is 3.93. The Kier molecular flexibility index (Phi) is 5.16. The van der Waals surface area contributed by atoms with Crippen molar-refractivity contribution in [1.82, 2.24) is 4.90 Å². The van der Waals surface area contributed by atoms with Gasteiger partial charge >= 0.3 is 0 Å². The summed E-state index contributed by atoms with van der Waals surface area (Å²) < 4.78 is 0.400. The molecule has 20 heavy (non-hydrogen) atoms. The highest BCUT2D eigenvalue weighted by Gasteiger charge is 2.27. The molecule has 0 amide bonds. The Balaban J connectivity index is 2.17. The highest BCUT2D eigenvalue weighted by Crippen LogP contribution is 2.33. The third-order valence-corrected chi connectivity index (χ3v) is 5.82. The monoisotopic (exact) mass is 292 g/mol. The molecule has 1 saturated heterocycles. The number of benzene rings is 1. The lowest BCUT2D eigenvalue weighted by molar-refractivity contribution is 0.211. The molecule has 0 aromatic heterocycles. The minimum absolute atomic E-state index is 0.365. The zero-order valence-electron chi connectivity index (χ0n) is 13.3. The Bertz CT molecular complexity index is 456. The van der Waals surface area contributed by atoms with Crippen molar-refractivity contribution in [3.05, 3.63) is 34.9 Å². The molecular formula is C17H28N2S. The van der Waals surface area contributed by atoms with Crippen molar-refractivity contribution in [3.8, 4) is 0 Å². The van der Waals surface area contributed by atoms with Crippen LogP contribution in [-0.4, -0.2) is 35.0 Å². The lowest BCUT2D eigenvalue weighted by atomic mass is 9.99. The second-order valence-electron chi connectivity index (χ2n) is 6.49. The van der Waals surface area contributed by atoms with Gasteiger partial charge in [-0.1, -0.05) is 32.0 Å². The van der Waals surface area contributed by atoms with Gasteiger partial charge in [0.2, 0.25) is 0 Å². The fourth-order valence-electron chi connectivity index (χ4n) is 2.82. The van der Waals surface area contributed by atoms with Crippen LogP contribution in [0.1, 0.15) is 43.0 Å². The van der Waals surface area contributed by atoms with E-state index in [1.165, 1.54) is 28.9 Å². The minimum Gasteiger partial charge on any atom is -0.329 e. The van der Waals surface area contributed by atoms with Crippen LogP contribution in [0.4, 0.5) is 0 Å². The van der Waals surface area contributed by atoms with Gasteiger partial charge in [-0.25, -0.2) is 0 Å². The van der Waals surface area contributed by atoms with Crippen molar-refractivity contribution >= 4 is 11.8 Å². The summed E-state index contributed by atoms with van der Waals surface area (Å²) in [5.41, 5.74) is 10.2. The molecular weight excluding hydrogens is 264 g/mol. The van der Waals surface area contributed by atoms with Crippen molar-refractivity contribution in [1.29, 1.82) is 0 Å². The van der Waals surface area contributed by atoms with Gasteiger partial charge in [0, 0.05) is 36.2 Å². The second-order valence-corrected chi connectivity index (χ2v) is 8.29.